The molecule has 2 aromatic rings. The van der Waals surface area contributed by atoms with Crippen LogP contribution in [-0.2, 0) is 22.3 Å². The van der Waals surface area contributed by atoms with Crippen LogP contribution in [0.15, 0.2) is 60.7 Å². The van der Waals surface area contributed by atoms with Crippen molar-refractivity contribution in [3.63, 3.8) is 0 Å². The number of nitrogens with zero attached hydrogens (tertiary/aromatic N) is 4. The van der Waals surface area contributed by atoms with E-state index in [-0.39, 0.29) is 12.5 Å². The predicted octanol–water partition coefficient (Wildman–Crippen LogP) is 2.07. The lowest BCUT2D eigenvalue weighted by Crippen LogP contribution is -2.39. The number of fused-ring (bicyclic) bond motifs is 2. The van der Waals surface area contributed by atoms with Crippen molar-refractivity contribution in [2.75, 3.05) is 52.7 Å². The van der Waals surface area contributed by atoms with Gasteiger partial charge in [0, 0.05) is 38.3 Å². The van der Waals surface area contributed by atoms with Crippen molar-refractivity contribution in [1.82, 2.24) is 19.6 Å². The lowest BCUT2D eigenvalue weighted by molar-refractivity contribution is 0.0655. The summed E-state index contributed by atoms with van der Waals surface area (Å²) in [5.74, 6) is 0. The van der Waals surface area contributed by atoms with Gasteiger partial charge in [0.2, 0.25) is 0 Å². The zero-order valence-electron chi connectivity index (χ0n) is 18.8. The molecule has 4 atom stereocenters. The average Bonchev–Trinajstić information content (AvgIpc) is 3.57. The van der Waals surface area contributed by atoms with Gasteiger partial charge in [-0.05, 0) is 24.0 Å². The molecule has 4 heterocycles. The van der Waals surface area contributed by atoms with Gasteiger partial charge >= 0.3 is 0 Å². The average molecular weight is 435 g/mol. The Bertz CT molecular complexity index is 808. The monoisotopic (exact) mass is 434 g/mol. The molecule has 4 fully saturated rings. The summed E-state index contributed by atoms with van der Waals surface area (Å²) >= 11 is 0. The van der Waals surface area contributed by atoms with E-state index in [1.54, 1.807) is 0 Å². The highest BCUT2D eigenvalue weighted by Crippen LogP contribution is 2.28. The second-order valence-corrected chi connectivity index (χ2v) is 9.73. The first kappa shape index (κ1) is 20.8. The van der Waals surface area contributed by atoms with Crippen LogP contribution >= 0.6 is 0 Å². The van der Waals surface area contributed by atoms with Gasteiger partial charge in [-0.3, -0.25) is 19.6 Å². The van der Waals surface area contributed by atoms with Crippen LogP contribution in [0.4, 0.5) is 0 Å². The molecular formula is C26H34N4O2. The van der Waals surface area contributed by atoms with E-state index >= 15 is 0 Å². The predicted molar refractivity (Wildman–Crippen MR) is 124 cm³/mol. The molecule has 4 aliphatic heterocycles. The van der Waals surface area contributed by atoms with Crippen LogP contribution in [0.5, 0.6) is 0 Å². The summed E-state index contributed by atoms with van der Waals surface area (Å²) < 4.78 is 12.3. The summed E-state index contributed by atoms with van der Waals surface area (Å²) in [4.78, 5) is 10.3. The minimum atomic E-state index is 0.268. The van der Waals surface area contributed by atoms with E-state index in [2.05, 4.69) is 80.3 Å². The van der Waals surface area contributed by atoms with Gasteiger partial charge in [-0.1, -0.05) is 60.7 Å². The van der Waals surface area contributed by atoms with E-state index in [0.29, 0.717) is 12.1 Å². The highest BCUT2D eigenvalue weighted by atomic mass is 16.5. The molecule has 0 saturated carbocycles. The van der Waals surface area contributed by atoms with Crippen molar-refractivity contribution in [2.24, 2.45) is 0 Å². The quantitative estimate of drug-likeness (QED) is 0.663. The number of hydrogen-bond donors (Lipinski definition) is 0. The summed E-state index contributed by atoms with van der Waals surface area (Å²) in [6.45, 7) is 8.01. The summed E-state index contributed by atoms with van der Waals surface area (Å²) in [6.07, 6.45) is 2.69. The van der Waals surface area contributed by atoms with Gasteiger partial charge in [-0.15, -0.1) is 0 Å². The van der Waals surface area contributed by atoms with Crippen LogP contribution in [0.1, 0.15) is 11.1 Å². The lowest BCUT2D eigenvalue weighted by atomic mass is 10.1. The van der Waals surface area contributed by atoms with E-state index in [4.69, 9.17) is 9.47 Å². The Morgan fingerprint density at radius 3 is 1.50 bits per heavy atom. The van der Waals surface area contributed by atoms with E-state index < -0.39 is 0 Å². The normalized spacial score (nSPS) is 31.4. The molecule has 6 nitrogen and oxygen atoms in total. The molecule has 0 aromatic heterocycles. The molecule has 0 aliphatic carbocycles. The van der Waals surface area contributed by atoms with Gasteiger partial charge in [0.15, 0.2) is 0 Å². The first-order chi connectivity index (χ1) is 15.8. The first-order valence-electron chi connectivity index (χ1n) is 12.1. The van der Waals surface area contributed by atoms with E-state index in [1.165, 1.54) is 11.1 Å². The van der Waals surface area contributed by atoms with Gasteiger partial charge in [-0.2, -0.15) is 0 Å². The van der Waals surface area contributed by atoms with Crippen molar-refractivity contribution in [2.45, 2.75) is 37.4 Å². The fourth-order valence-electron chi connectivity index (χ4n) is 5.78. The summed E-state index contributed by atoms with van der Waals surface area (Å²) in [7, 11) is 0. The second-order valence-electron chi connectivity index (χ2n) is 9.73. The number of rotatable bonds is 7. The molecule has 0 radical (unpaired) electrons. The molecule has 32 heavy (non-hydrogen) atoms. The zero-order chi connectivity index (χ0) is 21.3. The Balaban J connectivity index is 0.980. The molecule has 6 heteroatoms. The molecule has 6 rings (SSSR count). The number of ether oxygens (including phenoxy) is 2. The topological polar surface area (TPSA) is 31.4 Å². The summed E-state index contributed by atoms with van der Waals surface area (Å²) in [5, 5.41) is 0. The number of benzene rings is 2. The molecule has 2 aromatic carbocycles. The van der Waals surface area contributed by atoms with Crippen molar-refractivity contribution >= 4 is 0 Å². The largest absolute Gasteiger partial charge is 0.360 e. The molecule has 170 valence electrons. The smallest absolute Gasteiger partial charge is 0.124 e. The first-order valence-corrected chi connectivity index (χ1v) is 12.1. The third-order valence-electron chi connectivity index (χ3n) is 7.56. The third-order valence-corrected chi connectivity index (χ3v) is 7.56. The highest BCUT2D eigenvalue weighted by molar-refractivity contribution is 5.17. The lowest BCUT2D eigenvalue weighted by Gasteiger charge is -2.25. The van der Waals surface area contributed by atoms with Crippen LogP contribution < -0.4 is 0 Å². The Labute approximate surface area is 191 Å². The Hall–Kier alpha value is -1.80. The van der Waals surface area contributed by atoms with Crippen LogP contribution in [0.2, 0.25) is 0 Å². The maximum Gasteiger partial charge on any atom is 0.124 e. The molecule has 2 unspecified atom stereocenters. The molecule has 0 spiro atoms. The van der Waals surface area contributed by atoms with Crippen molar-refractivity contribution in [3.05, 3.63) is 71.8 Å². The highest BCUT2D eigenvalue weighted by Gasteiger charge is 2.43. The summed E-state index contributed by atoms with van der Waals surface area (Å²) in [5.41, 5.74) is 2.81. The zero-order valence-corrected chi connectivity index (χ0v) is 18.8. The van der Waals surface area contributed by atoms with Crippen molar-refractivity contribution < 1.29 is 9.47 Å². The maximum absolute atomic E-state index is 6.14. The van der Waals surface area contributed by atoms with Gasteiger partial charge in [-0.25, -0.2) is 0 Å². The fraction of sp³-hybridized carbons (Fsp3) is 0.538. The fourth-order valence-corrected chi connectivity index (χ4v) is 5.78. The van der Waals surface area contributed by atoms with E-state index in [1.807, 2.05) is 0 Å². The molecule has 4 saturated heterocycles. The van der Waals surface area contributed by atoms with Gasteiger partial charge in [0.1, 0.15) is 12.5 Å². The van der Waals surface area contributed by atoms with Crippen LogP contribution in [0.3, 0.4) is 0 Å². The second kappa shape index (κ2) is 9.21. The third kappa shape index (κ3) is 4.36. The van der Waals surface area contributed by atoms with Crippen molar-refractivity contribution in [1.29, 1.82) is 0 Å². The molecule has 0 amide bonds. The SMILES string of the molecule is c1ccc(C[C@H]2COC3CN(CCN4CC5OC[C@@H](Cc6ccccc6)N5C4)CN32)cc1. The molecule has 4 aliphatic rings. The van der Waals surface area contributed by atoms with Crippen LogP contribution in [0.25, 0.3) is 0 Å². The molecule has 0 bridgehead atoms. The van der Waals surface area contributed by atoms with E-state index in [9.17, 15) is 0 Å². The van der Waals surface area contributed by atoms with Gasteiger partial charge < -0.3 is 9.47 Å². The maximum atomic E-state index is 6.14. The minimum absolute atomic E-state index is 0.268. The van der Waals surface area contributed by atoms with Gasteiger partial charge in [0.25, 0.3) is 0 Å². The standard InChI is InChI=1S/C26H34N4O2/c1-3-7-21(8-4-1)13-23-17-31-25-15-27(19-29(23)25)11-12-28-16-26-30(20-28)24(18-32-26)14-22-9-5-2-6-10-22/h1-10,23-26H,11-20H2/t23-,24+,25?,26?. The van der Waals surface area contributed by atoms with E-state index in [0.717, 1.165) is 65.6 Å². The Morgan fingerprint density at radius 2 is 1.06 bits per heavy atom. The molecule has 0 N–H and O–H groups in total. The minimum Gasteiger partial charge on any atom is -0.360 e. The number of hydrogen-bond acceptors (Lipinski definition) is 6. The Morgan fingerprint density at radius 1 is 0.625 bits per heavy atom. The molecular weight excluding hydrogens is 400 g/mol. The summed E-state index contributed by atoms with van der Waals surface area (Å²) in [6, 6.07) is 22.6. The van der Waals surface area contributed by atoms with Crippen molar-refractivity contribution in [3.8, 4) is 0 Å². The van der Waals surface area contributed by atoms with Crippen LogP contribution in [0, 0.1) is 0 Å². The van der Waals surface area contributed by atoms with Crippen LogP contribution in [-0.4, -0.2) is 96.9 Å². The Kier molecular flexibility index (Phi) is 5.98. The van der Waals surface area contributed by atoms with Gasteiger partial charge in [0.05, 0.1) is 26.6 Å².